The molecule has 0 bridgehead atoms. The van der Waals surface area contributed by atoms with Crippen LogP contribution in [0.4, 0.5) is 0 Å². The molecule has 0 unspecified atom stereocenters. The molecule has 1 aliphatic rings. The van der Waals surface area contributed by atoms with Crippen LogP contribution in [0.15, 0.2) is 9.63 Å². The van der Waals surface area contributed by atoms with Crippen molar-refractivity contribution in [3.05, 3.63) is 10.4 Å². The highest BCUT2D eigenvalue weighted by molar-refractivity contribution is 9.10. The summed E-state index contributed by atoms with van der Waals surface area (Å²) in [6.45, 7) is 4.38. The zero-order valence-electron chi connectivity index (χ0n) is 10.8. The fraction of sp³-hybridized carbons (Fsp3) is 0.727. The van der Waals surface area contributed by atoms with Gasteiger partial charge in [-0.3, -0.25) is 0 Å². The van der Waals surface area contributed by atoms with Gasteiger partial charge in [-0.25, -0.2) is 18.1 Å². The fourth-order valence-corrected chi connectivity index (χ4v) is 4.10. The first-order valence-corrected chi connectivity index (χ1v) is 8.27. The smallest absolute Gasteiger partial charge is 0.260 e. The summed E-state index contributed by atoms with van der Waals surface area (Å²) in [7, 11) is -1.75. The summed E-state index contributed by atoms with van der Waals surface area (Å²) >= 11 is 3.27. The number of nitrogens with zero attached hydrogens (tertiary/aromatic N) is 2. The Labute approximate surface area is 116 Å². The molecule has 0 aromatic carbocycles. The maximum absolute atomic E-state index is 12.2. The predicted molar refractivity (Wildman–Crippen MR) is 72.8 cm³/mol. The molecule has 0 saturated heterocycles. The van der Waals surface area contributed by atoms with Gasteiger partial charge in [0.15, 0.2) is 0 Å². The van der Waals surface area contributed by atoms with E-state index in [2.05, 4.69) is 32.6 Å². The largest absolute Gasteiger partial charge is 0.325 e. The van der Waals surface area contributed by atoms with Crippen LogP contribution in [-0.2, 0) is 17.1 Å². The van der Waals surface area contributed by atoms with E-state index in [1.807, 2.05) is 0 Å². The summed E-state index contributed by atoms with van der Waals surface area (Å²) in [5.74, 6) is 0.666. The number of hydrogen-bond donors (Lipinski definition) is 1. The van der Waals surface area contributed by atoms with Gasteiger partial charge in [-0.2, -0.15) is 0 Å². The first-order valence-electron chi connectivity index (χ1n) is 6.00. The van der Waals surface area contributed by atoms with Gasteiger partial charge < -0.3 is 4.57 Å². The van der Waals surface area contributed by atoms with Crippen LogP contribution in [0.25, 0.3) is 0 Å². The fourth-order valence-electron chi connectivity index (χ4n) is 1.87. The molecule has 1 aromatic heterocycles. The maximum atomic E-state index is 12.2. The molecule has 0 spiro atoms. The number of nitrogens with one attached hydrogen (secondary N) is 1. The van der Waals surface area contributed by atoms with Crippen molar-refractivity contribution in [1.29, 1.82) is 0 Å². The summed E-state index contributed by atoms with van der Waals surface area (Å²) in [4.78, 5) is 4.09. The van der Waals surface area contributed by atoms with Gasteiger partial charge in [0.1, 0.15) is 10.4 Å². The highest BCUT2D eigenvalue weighted by atomic mass is 79.9. The third-order valence-electron chi connectivity index (χ3n) is 3.82. The quantitative estimate of drug-likeness (QED) is 0.894. The van der Waals surface area contributed by atoms with Gasteiger partial charge >= 0.3 is 0 Å². The molecular weight excluding hydrogens is 318 g/mol. The summed E-state index contributed by atoms with van der Waals surface area (Å²) in [5, 5.41) is 0.0782. The van der Waals surface area contributed by atoms with Crippen LogP contribution in [-0.4, -0.2) is 24.5 Å². The van der Waals surface area contributed by atoms with Crippen molar-refractivity contribution in [3.63, 3.8) is 0 Å². The molecule has 1 heterocycles. The predicted octanol–water partition coefficient (Wildman–Crippen LogP) is 1.96. The molecule has 0 aliphatic heterocycles. The molecule has 1 aliphatic carbocycles. The van der Waals surface area contributed by atoms with E-state index in [-0.39, 0.29) is 10.4 Å². The number of imidazole rings is 1. The molecule has 1 saturated carbocycles. The molecule has 5 nitrogen and oxygen atoms in total. The van der Waals surface area contributed by atoms with Crippen LogP contribution in [0.1, 0.15) is 32.0 Å². The SMILES string of the molecule is CCC1(CNS(=O)(=O)c2nc(C)n(C)c2Br)CC1. The minimum absolute atomic E-state index is 0.0782. The van der Waals surface area contributed by atoms with E-state index in [1.165, 1.54) is 0 Å². The molecule has 1 fully saturated rings. The minimum atomic E-state index is -3.52. The number of hydrogen-bond acceptors (Lipinski definition) is 3. The van der Waals surface area contributed by atoms with Gasteiger partial charge in [-0.15, -0.1) is 0 Å². The van der Waals surface area contributed by atoms with Crippen molar-refractivity contribution in [3.8, 4) is 0 Å². The number of aromatic nitrogens is 2. The van der Waals surface area contributed by atoms with Crippen molar-refractivity contribution in [2.45, 2.75) is 38.1 Å². The summed E-state index contributed by atoms with van der Waals surface area (Å²) in [5.41, 5.74) is 0.184. The normalized spacial score (nSPS) is 18.0. The van der Waals surface area contributed by atoms with Crippen LogP contribution in [0.2, 0.25) is 0 Å². The number of sulfonamides is 1. The van der Waals surface area contributed by atoms with Crippen LogP contribution in [0.3, 0.4) is 0 Å². The number of rotatable bonds is 5. The van der Waals surface area contributed by atoms with Crippen LogP contribution in [0, 0.1) is 12.3 Å². The van der Waals surface area contributed by atoms with Gasteiger partial charge in [0.2, 0.25) is 5.03 Å². The van der Waals surface area contributed by atoms with E-state index < -0.39 is 10.0 Å². The summed E-state index contributed by atoms with van der Waals surface area (Å²) in [6.07, 6.45) is 3.22. The van der Waals surface area contributed by atoms with Gasteiger partial charge in [0.05, 0.1) is 0 Å². The molecule has 0 radical (unpaired) electrons. The van der Waals surface area contributed by atoms with Crippen molar-refractivity contribution in [2.75, 3.05) is 6.54 Å². The van der Waals surface area contributed by atoms with E-state index in [1.54, 1.807) is 18.5 Å². The molecule has 0 amide bonds. The Kier molecular flexibility index (Phi) is 3.59. The molecule has 1 N–H and O–H groups in total. The lowest BCUT2D eigenvalue weighted by molar-refractivity contribution is 0.475. The Bertz CT molecular complexity index is 561. The monoisotopic (exact) mass is 335 g/mol. The lowest BCUT2D eigenvalue weighted by Crippen LogP contribution is -2.30. The Morgan fingerprint density at radius 1 is 1.50 bits per heavy atom. The molecule has 18 heavy (non-hydrogen) atoms. The number of halogens is 1. The zero-order chi connectivity index (χ0) is 13.6. The maximum Gasteiger partial charge on any atom is 0.260 e. The van der Waals surface area contributed by atoms with Crippen LogP contribution >= 0.6 is 15.9 Å². The molecule has 7 heteroatoms. The van der Waals surface area contributed by atoms with Crippen molar-refractivity contribution < 1.29 is 8.42 Å². The second kappa shape index (κ2) is 4.61. The highest BCUT2D eigenvalue weighted by Crippen LogP contribution is 2.48. The second-order valence-corrected chi connectivity index (χ2v) is 7.43. The summed E-state index contributed by atoms with van der Waals surface area (Å²) in [6, 6.07) is 0. The Balaban J connectivity index is 2.18. The second-order valence-electron chi connectivity index (χ2n) is 4.99. The molecule has 1 aromatic rings. The topological polar surface area (TPSA) is 64.0 Å². The van der Waals surface area contributed by atoms with Gasteiger partial charge in [0.25, 0.3) is 10.0 Å². The van der Waals surface area contributed by atoms with Crippen molar-refractivity contribution >= 4 is 26.0 Å². The average molecular weight is 336 g/mol. The minimum Gasteiger partial charge on any atom is -0.325 e. The van der Waals surface area contributed by atoms with E-state index in [4.69, 9.17) is 0 Å². The van der Waals surface area contributed by atoms with Crippen LogP contribution in [0.5, 0.6) is 0 Å². The van der Waals surface area contributed by atoms with E-state index in [9.17, 15) is 8.42 Å². The first kappa shape index (κ1) is 14.0. The van der Waals surface area contributed by atoms with Gasteiger partial charge in [0, 0.05) is 13.6 Å². The molecule has 102 valence electrons. The van der Waals surface area contributed by atoms with Crippen molar-refractivity contribution in [2.24, 2.45) is 12.5 Å². The lowest BCUT2D eigenvalue weighted by Gasteiger charge is -2.12. The van der Waals surface area contributed by atoms with Crippen molar-refractivity contribution in [1.82, 2.24) is 14.3 Å². The third kappa shape index (κ3) is 2.48. The Hall–Kier alpha value is -0.400. The van der Waals surface area contributed by atoms with Crippen LogP contribution < -0.4 is 4.72 Å². The number of aryl methyl sites for hydroxylation is 1. The molecule has 2 rings (SSSR count). The zero-order valence-corrected chi connectivity index (χ0v) is 13.2. The van der Waals surface area contributed by atoms with Gasteiger partial charge in [-0.1, -0.05) is 6.92 Å². The van der Waals surface area contributed by atoms with E-state index >= 15 is 0 Å². The third-order valence-corrected chi connectivity index (χ3v) is 6.31. The summed E-state index contributed by atoms with van der Waals surface area (Å²) < 4.78 is 29.3. The molecular formula is C11H18BrN3O2S. The van der Waals surface area contributed by atoms with E-state index in [0.717, 1.165) is 19.3 Å². The van der Waals surface area contributed by atoms with E-state index in [0.29, 0.717) is 17.0 Å². The Morgan fingerprint density at radius 2 is 2.11 bits per heavy atom. The molecule has 0 atom stereocenters. The standard InChI is InChI=1S/C11H18BrN3O2S/c1-4-11(5-6-11)7-13-18(16,17)10-9(12)15(3)8(2)14-10/h13H,4-7H2,1-3H3. The first-order chi connectivity index (χ1) is 8.31. The average Bonchev–Trinajstić information content (AvgIpc) is 3.07. The highest BCUT2D eigenvalue weighted by Gasteiger charge is 2.41. The lowest BCUT2D eigenvalue weighted by atomic mass is 10.1. The van der Waals surface area contributed by atoms with Gasteiger partial charge in [-0.05, 0) is 47.5 Å². The Morgan fingerprint density at radius 3 is 2.50 bits per heavy atom.